The Morgan fingerprint density at radius 2 is 1.05 bits per heavy atom. The lowest BCUT2D eigenvalue weighted by molar-refractivity contribution is 0.776. The van der Waals surface area contributed by atoms with Crippen LogP contribution in [-0.2, 0) is 12.3 Å². The van der Waals surface area contributed by atoms with Crippen LogP contribution in [0.3, 0.4) is 0 Å². The zero-order valence-corrected chi connectivity index (χ0v) is 13.6. The van der Waals surface area contributed by atoms with Crippen LogP contribution in [0.4, 0.5) is 0 Å². The molecule has 0 aromatic heterocycles. The molecule has 20 heavy (non-hydrogen) atoms. The molecule has 2 aromatic rings. The van der Waals surface area contributed by atoms with Gasteiger partial charge in [-0.1, -0.05) is 89.4 Å². The van der Waals surface area contributed by atoms with Gasteiger partial charge in [0.25, 0.3) is 0 Å². The Balaban J connectivity index is 0.00000200. The van der Waals surface area contributed by atoms with Crippen LogP contribution in [0, 0.1) is 0 Å². The molecule has 3 radical (unpaired) electrons. The van der Waals surface area contributed by atoms with Crippen LogP contribution in [0.1, 0.15) is 31.9 Å². The normalized spacial score (nSPS) is 11.2. The van der Waals surface area contributed by atoms with E-state index in [0.29, 0.717) is 5.16 Å². The van der Waals surface area contributed by atoms with E-state index in [1.807, 2.05) is 0 Å². The Morgan fingerprint density at radius 1 is 0.700 bits per heavy atom. The first-order valence-electron chi connectivity index (χ1n) is 6.88. The van der Waals surface area contributed by atoms with Gasteiger partial charge >= 0.3 is 0 Å². The fraction of sp³-hybridized carbons (Fsp3) is 0.333. The summed E-state index contributed by atoms with van der Waals surface area (Å²) in [6.07, 6.45) is 2.43. The van der Waals surface area contributed by atoms with E-state index in [-0.39, 0.29) is 16.3 Å². The summed E-state index contributed by atoms with van der Waals surface area (Å²) in [4.78, 5) is 0. The molecule has 0 amide bonds. The fourth-order valence-electron chi connectivity index (χ4n) is 2.14. The first kappa shape index (κ1) is 17.0. The quantitative estimate of drug-likeness (QED) is 0.528. The Bertz CT molecular complexity index is 446. The summed E-state index contributed by atoms with van der Waals surface area (Å²) in [6, 6.07) is 21.8. The maximum Gasteiger partial charge on any atom is 0 e. The molecule has 2 heteroatoms. The van der Waals surface area contributed by atoms with Gasteiger partial charge in [-0.25, -0.2) is 0 Å². The molecule has 103 valence electrons. The lowest BCUT2D eigenvalue weighted by atomic mass is 10.2. The molecule has 0 nitrogen and oxygen atoms in total. The minimum atomic E-state index is -0.0543. The Hall–Kier alpha value is -1.07. The predicted molar refractivity (Wildman–Crippen MR) is 92.7 cm³/mol. The number of rotatable bonds is 4. The molecule has 0 aliphatic carbocycles. The molecule has 0 fully saturated rings. The van der Waals surface area contributed by atoms with E-state index in [1.54, 1.807) is 0 Å². The van der Waals surface area contributed by atoms with Crippen molar-refractivity contribution in [1.82, 2.24) is 0 Å². The highest BCUT2D eigenvalue weighted by Crippen LogP contribution is 2.54. The summed E-state index contributed by atoms with van der Waals surface area (Å²) in [5.74, 6) is 0. The van der Waals surface area contributed by atoms with E-state index < -0.39 is 0 Å². The van der Waals surface area contributed by atoms with Gasteiger partial charge in [-0.3, -0.25) is 0 Å². The number of hydrogen-bond acceptors (Lipinski definition) is 0. The average molecular weight is 281 g/mol. The van der Waals surface area contributed by atoms with Gasteiger partial charge in [0.2, 0.25) is 0 Å². The topological polar surface area (TPSA) is 0 Å². The average Bonchev–Trinajstić information content (AvgIpc) is 2.39. The molecule has 0 aliphatic heterocycles. The molecular formula is C18H23BP. The third kappa shape index (κ3) is 5.14. The number of hydrogen-bond donors (Lipinski definition) is 0. The zero-order chi connectivity index (χ0) is 13.7. The van der Waals surface area contributed by atoms with Crippen molar-refractivity contribution in [2.45, 2.75) is 38.3 Å². The Kier molecular flexibility index (Phi) is 6.50. The van der Waals surface area contributed by atoms with Crippen LogP contribution in [0.15, 0.2) is 60.7 Å². The van der Waals surface area contributed by atoms with Crippen molar-refractivity contribution < 1.29 is 0 Å². The zero-order valence-electron chi connectivity index (χ0n) is 12.7. The molecule has 0 saturated carbocycles. The SMILES string of the molecule is CC(C)(C)P(Cc1ccccc1)Cc1ccccc1.[B]. The van der Waals surface area contributed by atoms with Crippen molar-refractivity contribution in [2.75, 3.05) is 0 Å². The third-order valence-electron chi connectivity index (χ3n) is 3.38. The molecule has 0 bridgehead atoms. The second kappa shape index (κ2) is 7.65. The molecule has 0 saturated heterocycles. The Morgan fingerprint density at radius 3 is 1.35 bits per heavy atom. The van der Waals surface area contributed by atoms with E-state index >= 15 is 0 Å². The van der Waals surface area contributed by atoms with E-state index in [2.05, 4.69) is 81.4 Å². The van der Waals surface area contributed by atoms with Crippen LogP contribution < -0.4 is 0 Å². The van der Waals surface area contributed by atoms with Gasteiger partial charge in [0, 0.05) is 8.41 Å². The van der Waals surface area contributed by atoms with E-state index in [1.165, 1.54) is 23.5 Å². The molecule has 0 atom stereocenters. The van der Waals surface area contributed by atoms with Gasteiger partial charge in [-0.15, -0.1) is 0 Å². The van der Waals surface area contributed by atoms with Crippen LogP contribution in [0.5, 0.6) is 0 Å². The summed E-state index contributed by atoms with van der Waals surface area (Å²) >= 11 is 0. The largest absolute Gasteiger partial charge is 0.0922 e. The molecule has 2 aromatic carbocycles. The molecule has 0 heterocycles. The molecule has 0 spiro atoms. The second-order valence-corrected chi connectivity index (χ2v) is 9.05. The van der Waals surface area contributed by atoms with Gasteiger partial charge in [-0.2, -0.15) is 0 Å². The highest BCUT2D eigenvalue weighted by atomic mass is 31.1. The summed E-state index contributed by atoms with van der Waals surface area (Å²) in [7, 11) is -0.0543. The number of benzene rings is 2. The monoisotopic (exact) mass is 281 g/mol. The second-order valence-electron chi connectivity index (χ2n) is 6.00. The maximum atomic E-state index is 2.38. The predicted octanol–water partition coefficient (Wildman–Crippen LogP) is 5.29. The lowest BCUT2D eigenvalue weighted by Crippen LogP contribution is -2.14. The highest BCUT2D eigenvalue weighted by Gasteiger charge is 2.24. The van der Waals surface area contributed by atoms with Crippen molar-refractivity contribution in [3.8, 4) is 0 Å². The molecule has 0 unspecified atom stereocenters. The Labute approximate surface area is 126 Å². The van der Waals surface area contributed by atoms with E-state index in [0.717, 1.165) is 0 Å². The third-order valence-corrected chi connectivity index (χ3v) is 6.77. The van der Waals surface area contributed by atoms with Crippen molar-refractivity contribution in [1.29, 1.82) is 0 Å². The van der Waals surface area contributed by atoms with Crippen LogP contribution in [0.2, 0.25) is 0 Å². The van der Waals surface area contributed by atoms with Gasteiger partial charge in [-0.05, 0) is 28.6 Å². The van der Waals surface area contributed by atoms with Crippen molar-refractivity contribution in [2.24, 2.45) is 0 Å². The highest BCUT2D eigenvalue weighted by molar-refractivity contribution is 7.57. The van der Waals surface area contributed by atoms with Crippen LogP contribution in [0.25, 0.3) is 0 Å². The fourth-order valence-corrected chi connectivity index (χ4v) is 4.50. The maximum absolute atomic E-state index is 2.38. The first-order chi connectivity index (χ1) is 9.05. The van der Waals surface area contributed by atoms with Gasteiger partial charge < -0.3 is 0 Å². The first-order valence-corrected chi connectivity index (χ1v) is 8.60. The smallest absolute Gasteiger partial charge is 0 e. The molecular weight excluding hydrogens is 258 g/mol. The van der Waals surface area contributed by atoms with E-state index in [9.17, 15) is 0 Å². The van der Waals surface area contributed by atoms with Crippen molar-refractivity contribution in [3.63, 3.8) is 0 Å². The summed E-state index contributed by atoms with van der Waals surface area (Å²) in [5, 5.41) is 0.390. The molecule has 2 rings (SSSR count). The van der Waals surface area contributed by atoms with Gasteiger partial charge in [0.15, 0.2) is 0 Å². The van der Waals surface area contributed by atoms with Crippen molar-refractivity contribution in [3.05, 3.63) is 71.8 Å². The lowest BCUT2D eigenvalue weighted by Gasteiger charge is -2.32. The van der Waals surface area contributed by atoms with Crippen LogP contribution in [-0.4, -0.2) is 13.6 Å². The standard InChI is InChI=1S/C18H23P.B/c1-18(2,3)19(14-16-10-6-4-7-11-16)15-17-12-8-5-9-13-17;/h4-13H,14-15H2,1-3H3;. The summed E-state index contributed by atoms with van der Waals surface area (Å²) < 4.78 is 0. The van der Waals surface area contributed by atoms with Gasteiger partial charge in [0.1, 0.15) is 0 Å². The summed E-state index contributed by atoms with van der Waals surface area (Å²) in [5.41, 5.74) is 2.94. The van der Waals surface area contributed by atoms with Crippen molar-refractivity contribution >= 4 is 16.3 Å². The minimum absolute atomic E-state index is 0. The minimum Gasteiger partial charge on any atom is -0.0922 e. The summed E-state index contributed by atoms with van der Waals surface area (Å²) in [6.45, 7) is 7.14. The van der Waals surface area contributed by atoms with Crippen LogP contribution >= 0.6 is 7.92 Å². The van der Waals surface area contributed by atoms with E-state index in [4.69, 9.17) is 0 Å². The molecule has 0 aliphatic rings. The molecule has 0 N–H and O–H groups in total. The van der Waals surface area contributed by atoms with Gasteiger partial charge in [0.05, 0.1) is 0 Å².